The van der Waals surface area contributed by atoms with E-state index in [2.05, 4.69) is 10.2 Å². The van der Waals surface area contributed by atoms with Crippen LogP contribution in [0.2, 0.25) is 0 Å². The predicted molar refractivity (Wildman–Crippen MR) is 117 cm³/mol. The molecule has 1 aliphatic rings. The summed E-state index contributed by atoms with van der Waals surface area (Å²) in [6.45, 7) is 4.03. The number of hydrogen-bond donors (Lipinski definition) is 2. The summed E-state index contributed by atoms with van der Waals surface area (Å²) < 4.78 is 11.4. The van der Waals surface area contributed by atoms with Crippen molar-refractivity contribution in [3.8, 4) is 5.75 Å². The Kier molecular flexibility index (Phi) is 7.65. The summed E-state index contributed by atoms with van der Waals surface area (Å²) in [6, 6.07) is 16.0. The Morgan fingerprint density at radius 1 is 1.13 bits per heavy atom. The summed E-state index contributed by atoms with van der Waals surface area (Å²) in [5.41, 5.74) is 0.407. The van der Waals surface area contributed by atoms with E-state index < -0.39 is 11.5 Å². The van der Waals surface area contributed by atoms with E-state index in [-0.39, 0.29) is 17.5 Å². The lowest BCUT2D eigenvalue weighted by molar-refractivity contribution is -0.140. The summed E-state index contributed by atoms with van der Waals surface area (Å²) >= 11 is 0. The summed E-state index contributed by atoms with van der Waals surface area (Å²) in [7, 11) is 1.95. The van der Waals surface area contributed by atoms with Crippen LogP contribution in [-0.4, -0.2) is 60.8 Å². The minimum Gasteiger partial charge on any atom is -0.492 e. The van der Waals surface area contributed by atoms with Crippen molar-refractivity contribution < 1.29 is 24.2 Å². The SMILES string of the molecule is C[C@H](NC(=O)C1(N(C)CCOc2ccccc2)CCOCC1)c1ccc(C(=O)O)cc1. The maximum Gasteiger partial charge on any atom is 0.335 e. The number of carbonyl (C=O) groups excluding carboxylic acids is 1. The third-order valence-electron chi connectivity index (χ3n) is 5.92. The van der Waals surface area contributed by atoms with Crippen LogP contribution >= 0.6 is 0 Å². The number of nitrogens with one attached hydrogen (secondary N) is 1. The average Bonchev–Trinajstić information content (AvgIpc) is 2.80. The van der Waals surface area contributed by atoms with Gasteiger partial charge in [0.1, 0.15) is 17.9 Å². The lowest BCUT2D eigenvalue weighted by atomic mass is 9.86. The van der Waals surface area contributed by atoms with Gasteiger partial charge in [-0.1, -0.05) is 30.3 Å². The summed E-state index contributed by atoms with van der Waals surface area (Å²) in [4.78, 5) is 26.5. The van der Waals surface area contributed by atoms with Crippen LogP contribution in [0.15, 0.2) is 54.6 Å². The highest BCUT2D eigenvalue weighted by molar-refractivity contribution is 5.88. The smallest absolute Gasteiger partial charge is 0.335 e. The largest absolute Gasteiger partial charge is 0.492 e. The third kappa shape index (κ3) is 5.62. The first-order chi connectivity index (χ1) is 14.9. The number of carbonyl (C=O) groups is 2. The molecule has 0 saturated carbocycles. The number of carboxylic acids is 1. The van der Waals surface area contributed by atoms with Crippen molar-refractivity contribution in [1.82, 2.24) is 10.2 Å². The number of para-hydroxylation sites is 1. The second kappa shape index (κ2) is 10.4. The van der Waals surface area contributed by atoms with Gasteiger partial charge in [-0.15, -0.1) is 0 Å². The first kappa shape index (κ1) is 22.8. The van der Waals surface area contributed by atoms with Crippen LogP contribution in [0.3, 0.4) is 0 Å². The first-order valence-corrected chi connectivity index (χ1v) is 10.5. The topological polar surface area (TPSA) is 88.1 Å². The van der Waals surface area contributed by atoms with Gasteiger partial charge in [0, 0.05) is 19.8 Å². The summed E-state index contributed by atoms with van der Waals surface area (Å²) in [5, 5.41) is 12.2. The van der Waals surface area contributed by atoms with E-state index in [1.54, 1.807) is 24.3 Å². The summed E-state index contributed by atoms with van der Waals surface area (Å²) in [6.07, 6.45) is 1.21. The predicted octanol–water partition coefficient (Wildman–Crippen LogP) is 3.12. The van der Waals surface area contributed by atoms with Crippen molar-refractivity contribution >= 4 is 11.9 Å². The molecule has 1 atom stereocenters. The molecule has 0 unspecified atom stereocenters. The van der Waals surface area contributed by atoms with Crippen molar-refractivity contribution in [3.63, 3.8) is 0 Å². The average molecular weight is 427 g/mol. The Hall–Kier alpha value is -2.90. The van der Waals surface area contributed by atoms with Gasteiger partial charge in [0.15, 0.2) is 0 Å². The van der Waals surface area contributed by atoms with E-state index in [9.17, 15) is 9.59 Å². The number of likely N-dealkylation sites (N-methyl/N-ethyl adjacent to an activating group) is 1. The minimum absolute atomic E-state index is 0.0483. The number of benzene rings is 2. The second-order valence-electron chi connectivity index (χ2n) is 7.85. The highest BCUT2D eigenvalue weighted by atomic mass is 16.5. The molecule has 31 heavy (non-hydrogen) atoms. The number of rotatable bonds is 9. The Morgan fingerprint density at radius 2 is 1.77 bits per heavy atom. The molecule has 3 rings (SSSR count). The number of amides is 1. The van der Waals surface area contributed by atoms with E-state index in [0.717, 1.165) is 11.3 Å². The molecular formula is C24H30N2O5. The van der Waals surface area contributed by atoms with Gasteiger partial charge in [-0.2, -0.15) is 0 Å². The molecule has 0 spiro atoms. The monoisotopic (exact) mass is 426 g/mol. The highest BCUT2D eigenvalue weighted by Crippen LogP contribution is 2.28. The van der Waals surface area contributed by atoms with Gasteiger partial charge in [-0.25, -0.2) is 4.79 Å². The van der Waals surface area contributed by atoms with Crippen LogP contribution in [0.1, 0.15) is 41.7 Å². The molecule has 2 aromatic rings. The van der Waals surface area contributed by atoms with E-state index >= 15 is 0 Å². The molecule has 7 heteroatoms. The van der Waals surface area contributed by atoms with Crippen molar-refractivity contribution in [2.24, 2.45) is 0 Å². The van der Waals surface area contributed by atoms with Crippen molar-refractivity contribution in [1.29, 1.82) is 0 Å². The van der Waals surface area contributed by atoms with Gasteiger partial charge < -0.3 is 19.9 Å². The first-order valence-electron chi connectivity index (χ1n) is 10.5. The van der Waals surface area contributed by atoms with Crippen LogP contribution in [0.5, 0.6) is 5.75 Å². The van der Waals surface area contributed by atoms with E-state index in [4.69, 9.17) is 14.6 Å². The lowest BCUT2D eigenvalue weighted by Crippen LogP contribution is -2.61. The number of nitrogens with zero attached hydrogens (tertiary/aromatic N) is 1. The lowest BCUT2D eigenvalue weighted by Gasteiger charge is -2.43. The molecule has 0 aliphatic carbocycles. The quantitative estimate of drug-likeness (QED) is 0.641. The minimum atomic E-state index is -0.969. The molecule has 1 saturated heterocycles. The molecule has 7 nitrogen and oxygen atoms in total. The second-order valence-corrected chi connectivity index (χ2v) is 7.85. The Labute approximate surface area is 183 Å². The molecule has 0 aromatic heterocycles. The molecule has 1 aliphatic heterocycles. The zero-order valence-electron chi connectivity index (χ0n) is 18.0. The molecule has 1 heterocycles. The zero-order valence-corrected chi connectivity index (χ0v) is 18.0. The fraction of sp³-hybridized carbons (Fsp3) is 0.417. The third-order valence-corrected chi connectivity index (χ3v) is 5.92. The van der Waals surface area contributed by atoms with Crippen LogP contribution in [-0.2, 0) is 9.53 Å². The van der Waals surface area contributed by atoms with E-state index in [0.29, 0.717) is 39.2 Å². The Bertz CT molecular complexity index is 863. The van der Waals surface area contributed by atoms with Gasteiger partial charge in [0.25, 0.3) is 0 Å². The van der Waals surface area contributed by atoms with Crippen molar-refractivity contribution in [3.05, 3.63) is 65.7 Å². The van der Waals surface area contributed by atoms with Gasteiger partial charge in [-0.3, -0.25) is 9.69 Å². The van der Waals surface area contributed by atoms with Crippen LogP contribution in [0.25, 0.3) is 0 Å². The van der Waals surface area contributed by atoms with Crippen LogP contribution in [0.4, 0.5) is 0 Å². The van der Waals surface area contributed by atoms with Crippen LogP contribution < -0.4 is 10.1 Å². The van der Waals surface area contributed by atoms with Crippen LogP contribution in [0, 0.1) is 0 Å². The molecule has 166 valence electrons. The maximum atomic E-state index is 13.4. The fourth-order valence-corrected chi connectivity index (χ4v) is 3.85. The summed E-state index contributed by atoms with van der Waals surface area (Å²) in [5.74, 6) is -0.212. The maximum absolute atomic E-state index is 13.4. The molecule has 1 fully saturated rings. The molecule has 2 N–H and O–H groups in total. The van der Waals surface area contributed by atoms with E-state index in [1.165, 1.54) is 0 Å². The van der Waals surface area contributed by atoms with Gasteiger partial charge in [-0.05, 0) is 56.6 Å². The number of ether oxygens (including phenoxy) is 2. The van der Waals surface area contributed by atoms with Crippen molar-refractivity contribution in [2.75, 3.05) is 33.4 Å². The highest BCUT2D eigenvalue weighted by Gasteiger charge is 2.43. The Morgan fingerprint density at radius 3 is 2.39 bits per heavy atom. The molecule has 1 amide bonds. The van der Waals surface area contributed by atoms with Gasteiger partial charge in [0.2, 0.25) is 5.91 Å². The van der Waals surface area contributed by atoms with Gasteiger partial charge >= 0.3 is 5.97 Å². The molecule has 0 bridgehead atoms. The number of hydrogen-bond acceptors (Lipinski definition) is 5. The number of carboxylic acid groups (broad SMARTS) is 1. The van der Waals surface area contributed by atoms with Crippen molar-refractivity contribution in [2.45, 2.75) is 31.3 Å². The number of aromatic carboxylic acids is 1. The zero-order chi connectivity index (χ0) is 22.3. The molecular weight excluding hydrogens is 396 g/mol. The molecule has 2 aromatic carbocycles. The molecule has 0 radical (unpaired) electrons. The fourth-order valence-electron chi connectivity index (χ4n) is 3.85. The standard InChI is InChI=1S/C24H30N2O5/c1-18(19-8-10-20(11-9-19)22(27)28)25-23(29)24(12-15-30-16-13-24)26(2)14-17-31-21-6-4-3-5-7-21/h3-11,18H,12-17H2,1-2H3,(H,25,29)(H,27,28)/t18-/m0/s1. The normalized spacial score (nSPS) is 16.5. The van der Waals surface area contributed by atoms with Gasteiger partial charge in [0.05, 0.1) is 11.6 Å². The Balaban J connectivity index is 1.65. The van der Waals surface area contributed by atoms with E-state index in [1.807, 2.05) is 44.3 Å².